The van der Waals surface area contributed by atoms with Gasteiger partial charge in [0.15, 0.2) is 0 Å². The molecule has 2 aromatic rings. The smallest absolute Gasteiger partial charge is 0.260 e. The average molecular weight is 264 g/mol. The van der Waals surface area contributed by atoms with Gasteiger partial charge in [0, 0.05) is 12.2 Å². The number of hydrogen-bond donors (Lipinski definition) is 5. The first kappa shape index (κ1) is 13.3. The van der Waals surface area contributed by atoms with Crippen LogP contribution in [0.3, 0.4) is 0 Å². The molecular formula is C12H16N4O3. The lowest BCUT2D eigenvalue weighted by molar-refractivity contribution is 0.0131. The first-order valence-electron chi connectivity index (χ1n) is 5.78. The Hall–Kier alpha value is -2.12. The lowest BCUT2D eigenvalue weighted by atomic mass is 10.1. The standard InChI is InChI=1S/C12H16N4O3/c1-12(19,6-17)5-14-11-15-9-3-2-7(13)4-8(9)10(18)16-11/h2-4,17,19H,5-6,13H2,1H3,(H2,14,15,16,18). The molecule has 2 rings (SSSR count). The van der Waals surface area contributed by atoms with E-state index in [0.717, 1.165) is 0 Å². The highest BCUT2D eigenvalue weighted by atomic mass is 16.3. The minimum atomic E-state index is -1.28. The second-order valence-electron chi connectivity index (χ2n) is 4.70. The maximum Gasteiger partial charge on any atom is 0.260 e. The molecule has 0 aliphatic rings. The molecule has 0 fully saturated rings. The fourth-order valence-electron chi connectivity index (χ4n) is 1.57. The van der Waals surface area contributed by atoms with E-state index in [9.17, 15) is 9.90 Å². The molecule has 1 aromatic heterocycles. The minimum Gasteiger partial charge on any atom is -0.399 e. The van der Waals surface area contributed by atoms with Crippen molar-refractivity contribution < 1.29 is 10.2 Å². The van der Waals surface area contributed by atoms with Crippen molar-refractivity contribution in [1.29, 1.82) is 0 Å². The molecule has 1 unspecified atom stereocenters. The molecule has 0 radical (unpaired) electrons. The summed E-state index contributed by atoms with van der Waals surface area (Å²) < 4.78 is 0. The maximum atomic E-state index is 11.8. The Morgan fingerprint density at radius 2 is 2.26 bits per heavy atom. The number of nitrogens with zero attached hydrogens (tertiary/aromatic N) is 1. The van der Waals surface area contributed by atoms with E-state index in [1.807, 2.05) is 0 Å². The van der Waals surface area contributed by atoms with E-state index in [1.165, 1.54) is 6.92 Å². The van der Waals surface area contributed by atoms with Crippen molar-refractivity contribution in [1.82, 2.24) is 9.97 Å². The average Bonchev–Trinajstić information content (AvgIpc) is 2.37. The van der Waals surface area contributed by atoms with E-state index in [1.54, 1.807) is 18.2 Å². The Morgan fingerprint density at radius 1 is 1.53 bits per heavy atom. The summed E-state index contributed by atoms with van der Waals surface area (Å²) in [6.07, 6.45) is 0. The van der Waals surface area contributed by atoms with Gasteiger partial charge in [-0.05, 0) is 25.1 Å². The number of aromatic nitrogens is 2. The van der Waals surface area contributed by atoms with Gasteiger partial charge in [0.2, 0.25) is 5.95 Å². The van der Waals surface area contributed by atoms with E-state index >= 15 is 0 Å². The number of nitrogens with one attached hydrogen (secondary N) is 2. The third-order valence-corrected chi connectivity index (χ3v) is 2.71. The quantitative estimate of drug-likeness (QED) is 0.481. The zero-order valence-electron chi connectivity index (χ0n) is 10.5. The Morgan fingerprint density at radius 3 is 2.95 bits per heavy atom. The number of rotatable bonds is 4. The zero-order valence-corrected chi connectivity index (χ0v) is 10.5. The van der Waals surface area contributed by atoms with Crippen LogP contribution in [0.2, 0.25) is 0 Å². The molecular weight excluding hydrogens is 248 g/mol. The summed E-state index contributed by atoms with van der Waals surface area (Å²) in [5.74, 6) is 0.232. The SMILES string of the molecule is CC(O)(CO)CNc1nc2ccc(N)cc2c(=O)[nH]1. The number of fused-ring (bicyclic) bond motifs is 1. The third kappa shape index (κ3) is 3.01. The van der Waals surface area contributed by atoms with Crippen LogP contribution < -0.4 is 16.6 Å². The van der Waals surface area contributed by atoms with Crippen molar-refractivity contribution in [3.63, 3.8) is 0 Å². The number of aliphatic hydroxyl groups is 2. The van der Waals surface area contributed by atoms with Gasteiger partial charge in [0.1, 0.15) is 5.60 Å². The van der Waals surface area contributed by atoms with E-state index in [4.69, 9.17) is 10.8 Å². The highest BCUT2D eigenvalue weighted by Gasteiger charge is 2.18. The highest BCUT2D eigenvalue weighted by Crippen LogP contribution is 2.13. The summed E-state index contributed by atoms with van der Waals surface area (Å²) in [5, 5.41) is 21.8. The molecule has 102 valence electrons. The summed E-state index contributed by atoms with van der Waals surface area (Å²) in [4.78, 5) is 18.6. The molecule has 0 saturated heterocycles. The first-order chi connectivity index (χ1) is 8.91. The van der Waals surface area contributed by atoms with Crippen molar-refractivity contribution in [2.24, 2.45) is 0 Å². The molecule has 1 heterocycles. The maximum absolute atomic E-state index is 11.8. The molecule has 0 aliphatic heterocycles. The van der Waals surface area contributed by atoms with Gasteiger partial charge in [0.25, 0.3) is 5.56 Å². The highest BCUT2D eigenvalue weighted by molar-refractivity contribution is 5.81. The molecule has 0 spiro atoms. The monoisotopic (exact) mass is 264 g/mol. The minimum absolute atomic E-state index is 0.0624. The van der Waals surface area contributed by atoms with Crippen molar-refractivity contribution in [2.45, 2.75) is 12.5 Å². The fourth-order valence-corrected chi connectivity index (χ4v) is 1.57. The van der Waals surface area contributed by atoms with Crippen LogP contribution in [0.25, 0.3) is 10.9 Å². The number of nitrogens with two attached hydrogens (primary N) is 1. The molecule has 6 N–H and O–H groups in total. The topological polar surface area (TPSA) is 124 Å². The van der Waals surface area contributed by atoms with Crippen molar-refractivity contribution in [2.75, 3.05) is 24.2 Å². The lowest BCUT2D eigenvalue weighted by Crippen LogP contribution is -2.37. The van der Waals surface area contributed by atoms with Crippen LogP contribution in [0.4, 0.5) is 11.6 Å². The van der Waals surface area contributed by atoms with Gasteiger partial charge in [-0.15, -0.1) is 0 Å². The van der Waals surface area contributed by atoms with Crippen molar-refractivity contribution in [3.8, 4) is 0 Å². The van der Waals surface area contributed by atoms with Crippen LogP contribution in [0, 0.1) is 0 Å². The van der Waals surface area contributed by atoms with Gasteiger partial charge in [-0.2, -0.15) is 0 Å². The normalized spacial score (nSPS) is 14.3. The predicted octanol–water partition coefficient (Wildman–Crippen LogP) is -0.340. The van der Waals surface area contributed by atoms with E-state index in [2.05, 4.69) is 15.3 Å². The van der Waals surface area contributed by atoms with Crippen LogP contribution in [-0.2, 0) is 0 Å². The molecule has 0 amide bonds. The molecule has 1 atom stereocenters. The number of anilines is 2. The van der Waals surface area contributed by atoms with E-state index in [-0.39, 0.29) is 18.1 Å². The summed E-state index contributed by atoms with van der Waals surface area (Å²) in [6.45, 7) is 1.14. The second kappa shape index (κ2) is 4.87. The number of hydrogen-bond acceptors (Lipinski definition) is 6. The third-order valence-electron chi connectivity index (χ3n) is 2.71. The Balaban J connectivity index is 2.31. The summed E-state index contributed by atoms with van der Waals surface area (Å²) in [6, 6.07) is 4.85. The van der Waals surface area contributed by atoms with Gasteiger partial charge in [-0.3, -0.25) is 9.78 Å². The lowest BCUT2D eigenvalue weighted by Gasteiger charge is -2.20. The van der Waals surface area contributed by atoms with Gasteiger partial charge in [-0.25, -0.2) is 4.98 Å². The van der Waals surface area contributed by atoms with Gasteiger partial charge in [-0.1, -0.05) is 0 Å². The first-order valence-corrected chi connectivity index (χ1v) is 5.78. The van der Waals surface area contributed by atoms with Crippen LogP contribution in [-0.4, -0.2) is 38.9 Å². The Bertz CT molecular complexity index is 651. The van der Waals surface area contributed by atoms with Gasteiger partial charge >= 0.3 is 0 Å². The molecule has 0 saturated carbocycles. The van der Waals surface area contributed by atoms with E-state index in [0.29, 0.717) is 16.6 Å². The number of benzene rings is 1. The zero-order chi connectivity index (χ0) is 14.0. The molecule has 7 heteroatoms. The molecule has 7 nitrogen and oxygen atoms in total. The van der Waals surface area contributed by atoms with Gasteiger partial charge < -0.3 is 21.3 Å². The van der Waals surface area contributed by atoms with Gasteiger partial charge in [0.05, 0.1) is 17.5 Å². The number of aromatic amines is 1. The largest absolute Gasteiger partial charge is 0.399 e. The predicted molar refractivity (Wildman–Crippen MR) is 73.0 cm³/mol. The van der Waals surface area contributed by atoms with Crippen molar-refractivity contribution >= 4 is 22.5 Å². The van der Waals surface area contributed by atoms with Crippen molar-refractivity contribution in [3.05, 3.63) is 28.6 Å². The second-order valence-corrected chi connectivity index (χ2v) is 4.70. The van der Waals surface area contributed by atoms with Crippen LogP contribution >= 0.6 is 0 Å². The number of nitrogen functional groups attached to an aromatic ring is 1. The molecule has 0 aliphatic carbocycles. The van der Waals surface area contributed by atoms with E-state index < -0.39 is 12.2 Å². The van der Waals surface area contributed by atoms with Crippen LogP contribution in [0.15, 0.2) is 23.0 Å². The molecule has 1 aromatic carbocycles. The Labute approximate surface area is 109 Å². The number of aliphatic hydroxyl groups excluding tert-OH is 1. The number of H-pyrrole nitrogens is 1. The van der Waals surface area contributed by atoms with Crippen LogP contribution in [0.5, 0.6) is 0 Å². The molecule has 0 bridgehead atoms. The molecule has 19 heavy (non-hydrogen) atoms. The van der Waals surface area contributed by atoms with Crippen LogP contribution in [0.1, 0.15) is 6.92 Å². The Kier molecular flexibility index (Phi) is 3.41. The summed E-state index contributed by atoms with van der Waals surface area (Å²) in [5.41, 5.74) is 5.00. The summed E-state index contributed by atoms with van der Waals surface area (Å²) >= 11 is 0. The fraction of sp³-hybridized carbons (Fsp3) is 0.333. The summed E-state index contributed by atoms with van der Waals surface area (Å²) in [7, 11) is 0.